The highest BCUT2D eigenvalue weighted by molar-refractivity contribution is 6.13. The summed E-state index contributed by atoms with van der Waals surface area (Å²) < 4.78 is 39.2. The predicted octanol–water partition coefficient (Wildman–Crippen LogP) is 5.89. The Bertz CT molecular complexity index is 981. The molecule has 0 N–H and O–H groups in total. The molecule has 2 aliphatic carbocycles. The van der Waals surface area contributed by atoms with Crippen molar-refractivity contribution < 1.29 is 22.8 Å². The molecule has 1 aromatic carbocycles. The number of carbonyl (C=O) groups is 2. The first kappa shape index (κ1) is 21.0. The van der Waals surface area contributed by atoms with E-state index in [1.165, 1.54) is 12.1 Å². The molecule has 1 saturated carbocycles. The molecule has 1 aliphatic heterocycles. The standard InChI is InChI=1S/C24H26F3NO2/c1-22(2)9-15-20(17(29)11-22)19(13-5-7-14(8-6-13)24(25,26)27)21-16(28-15)10-23(3,4)12-18(21)30/h5-8,19-20H,9-12H2,1-4H3. The van der Waals surface area contributed by atoms with E-state index in [4.69, 9.17) is 4.99 Å². The Morgan fingerprint density at radius 1 is 0.867 bits per heavy atom. The summed E-state index contributed by atoms with van der Waals surface area (Å²) in [5.74, 6) is -1.16. The van der Waals surface area contributed by atoms with E-state index in [2.05, 4.69) is 0 Å². The van der Waals surface area contributed by atoms with E-state index in [0.717, 1.165) is 17.8 Å². The third-order valence-corrected chi connectivity index (χ3v) is 6.43. The van der Waals surface area contributed by atoms with Crippen molar-refractivity contribution in [1.82, 2.24) is 0 Å². The van der Waals surface area contributed by atoms with Gasteiger partial charge in [-0.3, -0.25) is 14.6 Å². The van der Waals surface area contributed by atoms with Crippen LogP contribution >= 0.6 is 0 Å². The van der Waals surface area contributed by atoms with Crippen LogP contribution in [0.2, 0.25) is 0 Å². The van der Waals surface area contributed by atoms with Crippen LogP contribution in [0.3, 0.4) is 0 Å². The fourth-order valence-electron chi connectivity index (χ4n) is 5.25. The molecule has 30 heavy (non-hydrogen) atoms. The summed E-state index contributed by atoms with van der Waals surface area (Å²) in [7, 11) is 0. The van der Waals surface area contributed by atoms with Crippen molar-refractivity contribution in [3.05, 3.63) is 46.7 Å². The molecule has 1 heterocycles. The van der Waals surface area contributed by atoms with Crippen LogP contribution in [0.4, 0.5) is 13.2 Å². The topological polar surface area (TPSA) is 46.5 Å². The number of rotatable bonds is 1. The molecule has 3 nitrogen and oxygen atoms in total. The van der Waals surface area contributed by atoms with Crippen LogP contribution in [0.1, 0.15) is 70.4 Å². The van der Waals surface area contributed by atoms with Crippen LogP contribution in [0.5, 0.6) is 0 Å². The molecule has 1 fully saturated rings. The molecule has 0 radical (unpaired) electrons. The van der Waals surface area contributed by atoms with E-state index in [1.54, 1.807) is 0 Å². The minimum atomic E-state index is -4.43. The molecule has 3 aliphatic rings. The van der Waals surface area contributed by atoms with Gasteiger partial charge in [0.05, 0.1) is 11.5 Å². The molecule has 0 aromatic heterocycles. The zero-order valence-corrected chi connectivity index (χ0v) is 17.7. The number of alkyl halides is 3. The van der Waals surface area contributed by atoms with Crippen molar-refractivity contribution in [2.24, 2.45) is 21.7 Å². The Morgan fingerprint density at radius 2 is 1.47 bits per heavy atom. The summed E-state index contributed by atoms with van der Waals surface area (Å²) in [5.41, 5.74) is 1.39. The normalized spacial score (nSPS) is 28.0. The summed E-state index contributed by atoms with van der Waals surface area (Å²) in [6, 6.07) is 4.91. The number of carbonyl (C=O) groups excluding carboxylic acids is 2. The molecule has 160 valence electrons. The van der Waals surface area contributed by atoms with Crippen molar-refractivity contribution in [3.8, 4) is 0 Å². The molecule has 2 unspecified atom stereocenters. The summed E-state index contributed by atoms with van der Waals surface area (Å²) in [6.45, 7) is 8.08. The lowest BCUT2D eigenvalue weighted by Gasteiger charge is -2.44. The summed E-state index contributed by atoms with van der Waals surface area (Å²) in [4.78, 5) is 31.1. The molecular formula is C24H26F3NO2. The molecular weight excluding hydrogens is 391 g/mol. The number of benzene rings is 1. The zero-order chi connectivity index (χ0) is 22.1. The first-order valence-corrected chi connectivity index (χ1v) is 10.3. The van der Waals surface area contributed by atoms with Crippen molar-refractivity contribution in [2.45, 2.75) is 65.5 Å². The molecule has 0 bridgehead atoms. The Morgan fingerprint density at radius 3 is 2.07 bits per heavy atom. The number of ketones is 2. The summed E-state index contributed by atoms with van der Waals surface area (Å²) >= 11 is 0. The van der Waals surface area contributed by atoms with Crippen LogP contribution < -0.4 is 0 Å². The van der Waals surface area contributed by atoms with Gasteiger partial charge in [0.25, 0.3) is 0 Å². The van der Waals surface area contributed by atoms with E-state index in [9.17, 15) is 22.8 Å². The van der Waals surface area contributed by atoms with Crippen LogP contribution in [0.25, 0.3) is 0 Å². The fraction of sp³-hybridized carbons (Fsp3) is 0.542. The van der Waals surface area contributed by atoms with Gasteiger partial charge < -0.3 is 0 Å². The van der Waals surface area contributed by atoms with E-state index >= 15 is 0 Å². The highest BCUT2D eigenvalue weighted by Crippen LogP contribution is 2.51. The maximum Gasteiger partial charge on any atom is 0.416 e. The van der Waals surface area contributed by atoms with Crippen LogP contribution in [0, 0.1) is 16.7 Å². The average Bonchev–Trinajstić information content (AvgIpc) is 2.57. The van der Waals surface area contributed by atoms with Crippen LogP contribution in [0.15, 0.2) is 40.5 Å². The molecule has 2 atom stereocenters. The largest absolute Gasteiger partial charge is 0.416 e. The van der Waals surface area contributed by atoms with Crippen molar-refractivity contribution in [1.29, 1.82) is 0 Å². The second-order valence-electron chi connectivity index (χ2n) is 10.5. The van der Waals surface area contributed by atoms with Gasteiger partial charge in [-0.25, -0.2) is 0 Å². The minimum Gasteiger partial charge on any atom is -0.299 e. The molecule has 0 spiro atoms. The summed E-state index contributed by atoms with van der Waals surface area (Å²) in [5, 5.41) is 0. The predicted molar refractivity (Wildman–Crippen MR) is 108 cm³/mol. The SMILES string of the molecule is CC1(C)CC(=O)C2C(=NC3=C(C(=O)CC(C)(C)C3)C2c2ccc(C(F)(F)F)cc2)C1. The lowest BCUT2D eigenvalue weighted by Crippen LogP contribution is -2.45. The number of Topliss-reactive ketones (excluding diaryl/α,β-unsaturated/α-hetero) is 2. The zero-order valence-electron chi connectivity index (χ0n) is 17.7. The Hall–Kier alpha value is -2.24. The van der Waals surface area contributed by atoms with Gasteiger partial charge in [0.2, 0.25) is 0 Å². The minimum absolute atomic E-state index is 0.0130. The van der Waals surface area contributed by atoms with E-state index in [1.807, 2.05) is 27.7 Å². The Balaban J connectivity index is 1.86. The maximum absolute atomic E-state index is 13.2. The smallest absolute Gasteiger partial charge is 0.299 e. The number of hydrogen-bond acceptors (Lipinski definition) is 3. The number of hydrogen-bond donors (Lipinski definition) is 0. The first-order valence-electron chi connectivity index (χ1n) is 10.3. The highest BCUT2D eigenvalue weighted by atomic mass is 19.4. The van der Waals surface area contributed by atoms with Gasteiger partial charge in [-0.15, -0.1) is 0 Å². The van der Waals surface area contributed by atoms with Gasteiger partial charge >= 0.3 is 6.18 Å². The van der Waals surface area contributed by atoms with Gasteiger partial charge in [-0.05, 0) is 41.4 Å². The van der Waals surface area contributed by atoms with Gasteiger partial charge in [0, 0.05) is 35.7 Å². The summed E-state index contributed by atoms with van der Waals surface area (Å²) in [6.07, 6.45) is -2.45. The van der Waals surface area contributed by atoms with E-state index < -0.39 is 23.6 Å². The number of aliphatic imine (C=N–C) groups is 1. The maximum atomic E-state index is 13.2. The first-order chi connectivity index (χ1) is 13.8. The lowest BCUT2D eigenvalue weighted by molar-refractivity contribution is -0.137. The Labute approximate surface area is 174 Å². The second kappa shape index (κ2) is 6.63. The van der Waals surface area contributed by atoms with Gasteiger partial charge in [-0.1, -0.05) is 39.8 Å². The number of allylic oxidation sites excluding steroid dienone is 2. The molecule has 0 saturated heterocycles. The highest BCUT2D eigenvalue weighted by Gasteiger charge is 2.49. The number of nitrogens with zero attached hydrogens (tertiary/aromatic N) is 1. The van der Waals surface area contributed by atoms with Gasteiger partial charge in [-0.2, -0.15) is 13.2 Å². The van der Waals surface area contributed by atoms with Crippen LogP contribution in [-0.4, -0.2) is 17.3 Å². The monoisotopic (exact) mass is 417 g/mol. The number of halogens is 3. The second-order valence-corrected chi connectivity index (χ2v) is 10.5. The Kier molecular flexibility index (Phi) is 4.64. The van der Waals surface area contributed by atoms with E-state index in [0.29, 0.717) is 42.5 Å². The quantitative estimate of drug-likeness (QED) is 0.572. The molecule has 4 rings (SSSR count). The van der Waals surface area contributed by atoms with Crippen LogP contribution in [-0.2, 0) is 15.8 Å². The third kappa shape index (κ3) is 3.65. The number of fused-ring (bicyclic) bond motifs is 1. The molecule has 6 heteroatoms. The lowest BCUT2D eigenvalue weighted by atomic mass is 9.60. The van der Waals surface area contributed by atoms with Crippen molar-refractivity contribution in [3.63, 3.8) is 0 Å². The van der Waals surface area contributed by atoms with Gasteiger partial charge in [0.15, 0.2) is 5.78 Å². The molecule has 1 aromatic rings. The average molecular weight is 417 g/mol. The van der Waals surface area contributed by atoms with E-state index in [-0.39, 0.29) is 22.4 Å². The van der Waals surface area contributed by atoms with Crippen molar-refractivity contribution in [2.75, 3.05) is 0 Å². The third-order valence-electron chi connectivity index (χ3n) is 6.43. The van der Waals surface area contributed by atoms with Gasteiger partial charge in [0.1, 0.15) is 5.78 Å². The van der Waals surface area contributed by atoms with Crippen molar-refractivity contribution >= 4 is 17.3 Å². The molecule has 0 amide bonds. The fourth-order valence-corrected chi connectivity index (χ4v) is 5.25.